The van der Waals surface area contributed by atoms with Gasteiger partial charge in [0.1, 0.15) is 18.4 Å². The Labute approximate surface area is 236 Å². The summed E-state index contributed by atoms with van der Waals surface area (Å²) in [6, 6.07) is 16.8. The van der Waals surface area contributed by atoms with Gasteiger partial charge in [-0.3, -0.25) is 13.9 Å². The van der Waals surface area contributed by atoms with Crippen LogP contribution in [0.4, 0.5) is 23.2 Å². The molecular weight excluding hydrogens is 562 g/mol. The fourth-order valence-corrected chi connectivity index (χ4v) is 5.02. The van der Waals surface area contributed by atoms with E-state index in [0.717, 1.165) is 29.4 Å². The summed E-state index contributed by atoms with van der Waals surface area (Å²) in [6.07, 6.45) is -3.36. The lowest BCUT2D eigenvalue weighted by molar-refractivity contribution is -0.140. The van der Waals surface area contributed by atoms with Crippen LogP contribution in [0, 0.1) is 5.82 Å². The van der Waals surface area contributed by atoms with Gasteiger partial charge in [0.05, 0.1) is 17.5 Å². The Balaban J connectivity index is 2.08. The van der Waals surface area contributed by atoms with Crippen molar-refractivity contribution in [2.45, 2.75) is 38.5 Å². The van der Waals surface area contributed by atoms with Crippen LogP contribution in [0.25, 0.3) is 0 Å². The molecule has 0 radical (unpaired) electrons. The average Bonchev–Trinajstić information content (AvgIpc) is 2.92. The van der Waals surface area contributed by atoms with Crippen molar-refractivity contribution >= 4 is 27.5 Å². The predicted octanol–water partition coefficient (Wildman–Crippen LogP) is 4.78. The Morgan fingerprint density at radius 1 is 0.951 bits per heavy atom. The van der Waals surface area contributed by atoms with Crippen molar-refractivity contribution in [3.8, 4) is 0 Å². The summed E-state index contributed by atoms with van der Waals surface area (Å²) >= 11 is 0. The van der Waals surface area contributed by atoms with E-state index in [0.29, 0.717) is 28.9 Å². The molecule has 3 aromatic carbocycles. The third-order valence-electron chi connectivity index (χ3n) is 6.26. The van der Waals surface area contributed by atoms with Crippen LogP contribution in [0.1, 0.15) is 30.0 Å². The van der Waals surface area contributed by atoms with E-state index in [1.54, 1.807) is 36.4 Å². The van der Waals surface area contributed by atoms with Gasteiger partial charge in [-0.2, -0.15) is 13.2 Å². The Morgan fingerprint density at radius 2 is 1.61 bits per heavy atom. The summed E-state index contributed by atoms with van der Waals surface area (Å²) in [7, 11) is -4.26. The zero-order valence-corrected chi connectivity index (χ0v) is 23.4. The summed E-state index contributed by atoms with van der Waals surface area (Å²) in [5, 5.41) is 2.74. The number of hydrogen-bond acceptors (Lipinski definition) is 4. The van der Waals surface area contributed by atoms with Gasteiger partial charge in [0.15, 0.2) is 0 Å². The highest BCUT2D eigenvalue weighted by Gasteiger charge is 2.35. The van der Waals surface area contributed by atoms with Gasteiger partial charge in [-0.05, 0) is 36.2 Å². The molecule has 0 saturated carbocycles. The highest BCUT2D eigenvalue weighted by Crippen LogP contribution is 2.32. The first-order valence-electron chi connectivity index (χ1n) is 12.8. The van der Waals surface area contributed by atoms with Crippen molar-refractivity contribution in [2.75, 3.05) is 23.7 Å². The van der Waals surface area contributed by atoms with Crippen LogP contribution in [0.2, 0.25) is 0 Å². The molecule has 0 heterocycles. The second-order valence-electron chi connectivity index (χ2n) is 9.43. The first-order valence-corrected chi connectivity index (χ1v) is 14.7. The van der Waals surface area contributed by atoms with Crippen LogP contribution < -0.4 is 9.62 Å². The van der Waals surface area contributed by atoms with Gasteiger partial charge < -0.3 is 10.2 Å². The molecule has 41 heavy (non-hydrogen) atoms. The number of alkyl halides is 3. The lowest BCUT2D eigenvalue weighted by Crippen LogP contribution is -2.53. The van der Waals surface area contributed by atoms with E-state index in [1.807, 2.05) is 6.92 Å². The number of hydrogen-bond donors (Lipinski definition) is 1. The molecule has 0 aliphatic carbocycles. The quantitative estimate of drug-likeness (QED) is 0.307. The summed E-state index contributed by atoms with van der Waals surface area (Å²) in [6.45, 7) is 0.836. The molecule has 220 valence electrons. The van der Waals surface area contributed by atoms with Gasteiger partial charge in [-0.15, -0.1) is 0 Å². The van der Waals surface area contributed by atoms with E-state index in [-0.39, 0.29) is 24.2 Å². The summed E-state index contributed by atoms with van der Waals surface area (Å²) in [5.74, 6) is -2.08. The van der Waals surface area contributed by atoms with Crippen LogP contribution in [0.15, 0.2) is 78.9 Å². The van der Waals surface area contributed by atoms with Gasteiger partial charge in [-0.25, -0.2) is 12.8 Å². The van der Waals surface area contributed by atoms with E-state index in [2.05, 4.69) is 5.32 Å². The normalized spacial score (nSPS) is 12.4. The van der Waals surface area contributed by atoms with E-state index >= 15 is 0 Å². The van der Waals surface area contributed by atoms with E-state index in [4.69, 9.17) is 0 Å². The zero-order valence-electron chi connectivity index (χ0n) is 22.6. The number of amides is 2. The number of carbonyl (C=O) groups excluding carboxylic acids is 2. The van der Waals surface area contributed by atoms with Crippen molar-refractivity contribution in [2.24, 2.45) is 0 Å². The lowest BCUT2D eigenvalue weighted by atomic mass is 10.0. The molecule has 0 fully saturated rings. The minimum atomic E-state index is -4.75. The summed E-state index contributed by atoms with van der Waals surface area (Å²) < 4.78 is 80.9. The van der Waals surface area contributed by atoms with E-state index < -0.39 is 52.0 Å². The molecule has 3 aromatic rings. The average molecular weight is 594 g/mol. The molecule has 0 unspecified atom stereocenters. The van der Waals surface area contributed by atoms with Crippen LogP contribution >= 0.6 is 0 Å². The van der Waals surface area contributed by atoms with Gasteiger partial charge >= 0.3 is 6.18 Å². The van der Waals surface area contributed by atoms with Crippen molar-refractivity contribution in [1.82, 2.24) is 10.2 Å². The molecule has 0 aromatic heterocycles. The minimum absolute atomic E-state index is 0.0268. The summed E-state index contributed by atoms with van der Waals surface area (Å²) in [4.78, 5) is 28.3. The van der Waals surface area contributed by atoms with Gasteiger partial charge in [0.2, 0.25) is 21.8 Å². The molecular formula is C29H31F4N3O4S. The fourth-order valence-electron chi connectivity index (χ4n) is 4.18. The molecule has 1 atom stereocenters. The largest absolute Gasteiger partial charge is 0.416 e. The maximum Gasteiger partial charge on any atom is 0.416 e. The fraction of sp³-hybridized carbons (Fsp3) is 0.310. The number of nitrogens with one attached hydrogen (secondary N) is 1. The number of benzene rings is 3. The standard InChI is InChI=1S/C29H31F4N3O4S/c1-3-16-34-28(38)26(17-21-10-5-4-6-11-21)35(19-22-12-7-8-15-25(22)30)27(37)20-36(41(2,39)40)24-14-9-13-23(18-24)29(31,32)33/h4-15,18,26H,3,16-17,19-20H2,1-2H3,(H,34,38)/t26-/m0/s1. The number of halogens is 4. The third-order valence-corrected chi connectivity index (χ3v) is 7.40. The third kappa shape index (κ3) is 8.78. The monoisotopic (exact) mass is 593 g/mol. The SMILES string of the molecule is CCCNC(=O)[C@H](Cc1ccccc1)N(Cc1ccccc1F)C(=O)CN(c1cccc(C(F)(F)F)c1)S(C)(=O)=O. The van der Waals surface area contributed by atoms with E-state index in [9.17, 15) is 35.6 Å². The van der Waals surface area contributed by atoms with Gasteiger partial charge in [-0.1, -0.05) is 61.5 Å². The predicted molar refractivity (Wildman–Crippen MR) is 148 cm³/mol. The molecule has 1 N–H and O–H groups in total. The molecule has 12 heteroatoms. The molecule has 0 bridgehead atoms. The highest BCUT2D eigenvalue weighted by atomic mass is 32.2. The van der Waals surface area contributed by atoms with Crippen molar-refractivity contribution in [3.63, 3.8) is 0 Å². The number of carbonyl (C=O) groups is 2. The highest BCUT2D eigenvalue weighted by molar-refractivity contribution is 7.92. The topological polar surface area (TPSA) is 86.8 Å². The summed E-state index contributed by atoms with van der Waals surface area (Å²) in [5.41, 5.74) is -0.711. The number of nitrogens with zero attached hydrogens (tertiary/aromatic N) is 2. The maximum atomic E-state index is 14.7. The molecule has 0 saturated heterocycles. The Bertz CT molecular complexity index is 1450. The molecule has 0 aliphatic rings. The maximum absolute atomic E-state index is 14.7. The number of rotatable bonds is 12. The van der Waals surface area contributed by atoms with Crippen LogP contribution in [0.5, 0.6) is 0 Å². The first kappa shape index (κ1) is 31.6. The second-order valence-corrected chi connectivity index (χ2v) is 11.3. The number of sulfonamides is 1. The molecule has 7 nitrogen and oxygen atoms in total. The van der Waals surface area contributed by atoms with Crippen LogP contribution in [-0.4, -0.2) is 50.5 Å². The minimum Gasteiger partial charge on any atom is -0.354 e. The molecule has 2 amide bonds. The smallest absolute Gasteiger partial charge is 0.354 e. The Hall–Kier alpha value is -3.93. The Kier molecular flexibility index (Phi) is 10.5. The van der Waals surface area contributed by atoms with Crippen molar-refractivity contribution in [3.05, 3.63) is 101 Å². The van der Waals surface area contributed by atoms with E-state index in [1.165, 1.54) is 18.2 Å². The first-order chi connectivity index (χ1) is 19.3. The lowest BCUT2D eigenvalue weighted by Gasteiger charge is -2.33. The molecule has 3 rings (SSSR count). The second kappa shape index (κ2) is 13.6. The van der Waals surface area contributed by atoms with Gasteiger partial charge in [0, 0.05) is 25.1 Å². The van der Waals surface area contributed by atoms with Crippen molar-refractivity contribution < 1.29 is 35.6 Å². The Morgan fingerprint density at radius 3 is 2.22 bits per heavy atom. The van der Waals surface area contributed by atoms with Crippen molar-refractivity contribution in [1.29, 1.82) is 0 Å². The molecule has 0 aliphatic heterocycles. The number of anilines is 1. The molecule has 0 spiro atoms. The van der Waals surface area contributed by atoms with Gasteiger partial charge in [0.25, 0.3) is 0 Å². The van der Waals surface area contributed by atoms with Crippen LogP contribution in [0.3, 0.4) is 0 Å². The van der Waals surface area contributed by atoms with Crippen LogP contribution in [-0.2, 0) is 38.8 Å². The zero-order chi connectivity index (χ0) is 30.2.